The molecule has 0 amide bonds. The molecule has 0 aliphatic carbocycles. The summed E-state index contributed by atoms with van der Waals surface area (Å²) in [6, 6.07) is 0. The molecule has 0 rings (SSSR count). The highest BCUT2D eigenvalue weighted by molar-refractivity contribution is 4.49. The van der Waals surface area contributed by atoms with Crippen LogP contribution in [0.4, 0.5) is 0 Å². The van der Waals surface area contributed by atoms with Crippen molar-refractivity contribution in [1.29, 1.82) is 0 Å². The Morgan fingerprint density at radius 3 is 1.04 bits per heavy atom. The average molecular weight is 357 g/mol. The van der Waals surface area contributed by atoms with E-state index in [2.05, 4.69) is 13.8 Å². The fraction of sp³-hybridized carbons (Fsp3) is 1.00. The predicted octanol–water partition coefficient (Wildman–Crippen LogP) is 7.69. The van der Waals surface area contributed by atoms with Gasteiger partial charge in [0.25, 0.3) is 0 Å². The highest BCUT2D eigenvalue weighted by Gasteiger charge is 1.95. The lowest BCUT2D eigenvalue weighted by molar-refractivity contribution is 0.101. The Morgan fingerprint density at radius 1 is 0.320 bits per heavy atom. The van der Waals surface area contributed by atoms with Crippen LogP contribution in [-0.2, 0) is 9.47 Å². The van der Waals surface area contributed by atoms with E-state index < -0.39 is 0 Å². The minimum atomic E-state index is 0.899. The van der Waals surface area contributed by atoms with Gasteiger partial charge in [0.1, 0.15) is 0 Å². The van der Waals surface area contributed by atoms with Crippen molar-refractivity contribution in [1.82, 2.24) is 0 Å². The van der Waals surface area contributed by atoms with Gasteiger partial charge in [0, 0.05) is 26.4 Å². The molecule has 0 aromatic rings. The smallest absolute Gasteiger partial charge is 0.0466 e. The second-order valence-electron chi connectivity index (χ2n) is 7.53. The van der Waals surface area contributed by atoms with E-state index in [-0.39, 0.29) is 0 Å². The van der Waals surface area contributed by atoms with E-state index in [0.717, 1.165) is 45.7 Å². The quantitative estimate of drug-likeness (QED) is 0.185. The Kier molecular flexibility index (Phi) is 23.8. The van der Waals surface area contributed by atoms with Crippen LogP contribution in [0, 0.1) is 0 Å². The van der Waals surface area contributed by atoms with Gasteiger partial charge < -0.3 is 9.47 Å². The summed E-state index contributed by atoms with van der Waals surface area (Å²) in [5.74, 6) is 0. The van der Waals surface area contributed by atoms with Gasteiger partial charge in [-0.3, -0.25) is 0 Å². The molecule has 0 N–H and O–H groups in total. The van der Waals surface area contributed by atoms with E-state index in [1.807, 2.05) is 0 Å². The van der Waals surface area contributed by atoms with Gasteiger partial charge in [-0.05, 0) is 25.7 Å². The summed E-state index contributed by atoms with van der Waals surface area (Å²) >= 11 is 0. The lowest BCUT2D eigenvalue weighted by Gasteiger charge is -2.05. The topological polar surface area (TPSA) is 18.5 Å². The molecule has 0 unspecified atom stereocenters. The van der Waals surface area contributed by atoms with Crippen LogP contribution >= 0.6 is 0 Å². The molecule has 2 heteroatoms. The number of ether oxygens (including phenoxy) is 2. The van der Waals surface area contributed by atoms with Crippen LogP contribution in [0.5, 0.6) is 0 Å². The molecule has 0 saturated carbocycles. The largest absolute Gasteiger partial charge is 0.381 e. The third kappa shape index (κ3) is 23.9. The lowest BCUT2D eigenvalue weighted by Crippen LogP contribution is -2.00. The number of hydrogen-bond donors (Lipinski definition) is 0. The first-order chi connectivity index (χ1) is 12.4. The van der Waals surface area contributed by atoms with E-state index in [1.165, 1.54) is 89.9 Å². The van der Waals surface area contributed by atoms with Crippen molar-refractivity contribution in [2.75, 3.05) is 26.4 Å². The molecule has 0 aromatic carbocycles. The van der Waals surface area contributed by atoms with Crippen LogP contribution in [0.25, 0.3) is 0 Å². The highest BCUT2D eigenvalue weighted by atomic mass is 16.5. The molecule has 0 aliphatic heterocycles. The van der Waals surface area contributed by atoms with Gasteiger partial charge >= 0.3 is 0 Å². The Hall–Kier alpha value is -0.0800. The maximum absolute atomic E-state index is 5.69. The van der Waals surface area contributed by atoms with Gasteiger partial charge in [-0.25, -0.2) is 0 Å². The van der Waals surface area contributed by atoms with Crippen molar-refractivity contribution in [3.05, 3.63) is 0 Å². The summed E-state index contributed by atoms with van der Waals surface area (Å²) < 4.78 is 11.2. The summed E-state index contributed by atoms with van der Waals surface area (Å²) in [6.07, 6.45) is 23.2. The Morgan fingerprint density at radius 2 is 0.640 bits per heavy atom. The van der Waals surface area contributed by atoms with E-state index in [0.29, 0.717) is 0 Å². The van der Waals surface area contributed by atoms with Gasteiger partial charge in [-0.1, -0.05) is 97.3 Å². The first-order valence-electron chi connectivity index (χ1n) is 11.6. The van der Waals surface area contributed by atoms with Gasteiger partial charge in [-0.15, -0.1) is 0 Å². The molecule has 0 aromatic heterocycles. The summed E-state index contributed by atoms with van der Waals surface area (Å²) in [6.45, 7) is 8.11. The molecule has 0 spiro atoms. The third-order valence-corrected chi connectivity index (χ3v) is 4.82. The van der Waals surface area contributed by atoms with Crippen molar-refractivity contribution in [2.45, 2.75) is 123 Å². The zero-order chi connectivity index (χ0) is 18.3. The standard InChI is InChI=1S/C23H48O2/c1-3-5-6-7-8-9-10-11-12-13-14-15-16-17-21-25-23-19-18-22-24-20-4-2/h3-23H2,1-2H3. The van der Waals surface area contributed by atoms with Crippen molar-refractivity contribution < 1.29 is 9.47 Å². The molecule has 0 heterocycles. The van der Waals surface area contributed by atoms with Gasteiger partial charge in [0.05, 0.1) is 0 Å². The summed E-state index contributed by atoms with van der Waals surface area (Å²) in [5, 5.41) is 0. The van der Waals surface area contributed by atoms with Crippen molar-refractivity contribution in [3.8, 4) is 0 Å². The van der Waals surface area contributed by atoms with Crippen molar-refractivity contribution in [2.24, 2.45) is 0 Å². The van der Waals surface area contributed by atoms with Crippen molar-refractivity contribution >= 4 is 0 Å². The van der Waals surface area contributed by atoms with Gasteiger partial charge in [0.15, 0.2) is 0 Å². The molecule has 2 nitrogen and oxygen atoms in total. The molecule has 0 radical (unpaired) electrons. The fourth-order valence-corrected chi connectivity index (χ4v) is 3.16. The fourth-order valence-electron chi connectivity index (χ4n) is 3.16. The normalized spacial score (nSPS) is 11.3. The zero-order valence-corrected chi connectivity index (χ0v) is 17.7. The molecular formula is C23H48O2. The van der Waals surface area contributed by atoms with E-state index in [4.69, 9.17) is 9.47 Å². The minimum Gasteiger partial charge on any atom is -0.381 e. The average Bonchev–Trinajstić information content (AvgIpc) is 2.63. The summed E-state index contributed by atoms with van der Waals surface area (Å²) in [4.78, 5) is 0. The second-order valence-corrected chi connectivity index (χ2v) is 7.53. The van der Waals surface area contributed by atoms with E-state index in [9.17, 15) is 0 Å². The van der Waals surface area contributed by atoms with E-state index >= 15 is 0 Å². The van der Waals surface area contributed by atoms with Crippen LogP contribution in [0.1, 0.15) is 123 Å². The molecule has 0 aliphatic rings. The Labute approximate surface area is 159 Å². The molecule has 0 saturated heterocycles. The Balaban J connectivity index is 2.94. The summed E-state index contributed by atoms with van der Waals surface area (Å²) in [5.41, 5.74) is 0. The van der Waals surface area contributed by atoms with Crippen LogP contribution < -0.4 is 0 Å². The second kappa shape index (κ2) is 23.9. The minimum absolute atomic E-state index is 0.899. The van der Waals surface area contributed by atoms with Gasteiger partial charge in [-0.2, -0.15) is 0 Å². The number of rotatable bonds is 22. The third-order valence-electron chi connectivity index (χ3n) is 4.82. The van der Waals surface area contributed by atoms with Crippen LogP contribution in [0.15, 0.2) is 0 Å². The highest BCUT2D eigenvalue weighted by Crippen LogP contribution is 2.12. The molecule has 152 valence electrons. The molecule has 0 fully saturated rings. The van der Waals surface area contributed by atoms with Crippen LogP contribution in [0.3, 0.4) is 0 Å². The first kappa shape index (κ1) is 24.9. The maximum atomic E-state index is 5.69. The van der Waals surface area contributed by atoms with E-state index in [1.54, 1.807) is 0 Å². The van der Waals surface area contributed by atoms with Crippen LogP contribution in [-0.4, -0.2) is 26.4 Å². The van der Waals surface area contributed by atoms with Crippen LogP contribution in [0.2, 0.25) is 0 Å². The maximum Gasteiger partial charge on any atom is 0.0466 e. The molecule has 0 bridgehead atoms. The SMILES string of the molecule is CCCCCCCCCCCCCCCCOCCCCOCCC. The predicted molar refractivity (Wildman–Crippen MR) is 111 cm³/mol. The van der Waals surface area contributed by atoms with Crippen molar-refractivity contribution in [3.63, 3.8) is 0 Å². The lowest BCUT2D eigenvalue weighted by atomic mass is 10.0. The molecular weight excluding hydrogens is 308 g/mol. The monoisotopic (exact) mass is 356 g/mol. The molecule has 25 heavy (non-hydrogen) atoms. The Bertz CT molecular complexity index is 196. The summed E-state index contributed by atoms with van der Waals surface area (Å²) in [7, 11) is 0. The van der Waals surface area contributed by atoms with Gasteiger partial charge in [0.2, 0.25) is 0 Å². The number of unbranched alkanes of at least 4 members (excludes halogenated alkanes) is 14. The number of hydrogen-bond acceptors (Lipinski definition) is 2. The molecule has 0 atom stereocenters. The first-order valence-corrected chi connectivity index (χ1v) is 11.6. The zero-order valence-electron chi connectivity index (χ0n) is 17.7.